The topological polar surface area (TPSA) is 26.0 Å². The van der Waals surface area contributed by atoms with E-state index in [1.807, 2.05) is 0 Å². The largest absolute Gasteiger partial charge is 0.330 e. The number of hydrogen-bond acceptors (Lipinski definition) is 1. The molecule has 0 heterocycles. The Hall–Kier alpha value is -0.0500. The molecule has 0 radical (unpaired) electrons. The lowest BCUT2D eigenvalue weighted by atomic mass is 9.94. The van der Waals surface area contributed by atoms with E-state index in [0.717, 1.165) is 10.9 Å². The molecule has 2 rings (SSSR count). The molecule has 1 fully saturated rings. The van der Waals surface area contributed by atoms with Gasteiger partial charge in [0, 0.05) is 22.3 Å². The summed E-state index contributed by atoms with van der Waals surface area (Å²) >= 11 is 9.31. The molecule has 1 aromatic carbocycles. The molecule has 1 aromatic rings. The van der Waals surface area contributed by atoms with Gasteiger partial charge in [0.25, 0.3) is 0 Å². The summed E-state index contributed by atoms with van der Waals surface area (Å²) in [6, 6.07) is 8.42. The van der Waals surface area contributed by atoms with Crippen LogP contribution in [0.4, 0.5) is 0 Å². The van der Waals surface area contributed by atoms with Crippen LogP contribution < -0.4 is 5.73 Å². The highest BCUT2D eigenvalue weighted by Crippen LogP contribution is 2.54. The molecule has 2 atom stereocenters. The van der Waals surface area contributed by atoms with Gasteiger partial charge in [-0.3, -0.25) is 0 Å². The zero-order valence-corrected chi connectivity index (χ0v) is 10.2. The summed E-state index contributed by atoms with van der Waals surface area (Å²) in [5, 5.41) is 0. The van der Waals surface area contributed by atoms with Crippen molar-refractivity contribution in [3.05, 3.63) is 34.3 Å². The molecule has 14 heavy (non-hydrogen) atoms. The second-order valence-corrected chi connectivity index (χ2v) is 5.15. The maximum atomic E-state index is 5.88. The summed E-state index contributed by atoms with van der Waals surface area (Å²) in [5.41, 5.74) is 7.33. The van der Waals surface area contributed by atoms with Crippen molar-refractivity contribution in [1.29, 1.82) is 0 Å². The molecule has 0 bridgehead atoms. The van der Waals surface area contributed by atoms with E-state index in [0.29, 0.717) is 18.3 Å². The maximum absolute atomic E-state index is 5.88. The van der Waals surface area contributed by atoms with Crippen molar-refractivity contribution in [2.45, 2.75) is 11.8 Å². The van der Waals surface area contributed by atoms with Crippen LogP contribution in [-0.2, 0) is 5.41 Å². The first-order valence-corrected chi connectivity index (χ1v) is 6.08. The Balaban J connectivity index is 2.26. The van der Waals surface area contributed by atoms with Crippen LogP contribution in [0.15, 0.2) is 28.7 Å². The van der Waals surface area contributed by atoms with Crippen molar-refractivity contribution in [3.63, 3.8) is 0 Å². The van der Waals surface area contributed by atoms with Gasteiger partial charge >= 0.3 is 0 Å². The van der Waals surface area contributed by atoms with E-state index in [1.54, 1.807) is 0 Å². The Morgan fingerprint density at radius 2 is 2.07 bits per heavy atom. The third-order valence-electron chi connectivity index (χ3n) is 3.20. The minimum absolute atomic E-state index is 0.169. The van der Waals surface area contributed by atoms with Crippen LogP contribution in [0.5, 0.6) is 0 Å². The van der Waals surface area contributed by atoms with Crippen molar-refractivity contribution in [2.75, 3.05) is 12.4 Å². The van der Waals surface area contributed by atoms with Gasteiger partial charge in [-0.15, -0.1) is 11.6 Å². The zero-order valence-electron chi connectivity index (χ0n) is 7.84. The highest BCUT2D eigenvalue weighted by molar-refractivity contribution is 9.10. The van der Waals surface area contributed by atoms with Crippen molar-refractivity contribution in [2.24, 2.45) is 11.7 Å². The van der Waals surface area contributed by atoms with Crippen LogP contribution >= 0.6 is 27.5 Å². The highest BCUT2D eigenvalue weighted by Gasteiger charge is 2.53. The molecule has 0 spiro atoms. The first kappa shape index (κ1) is 10.5. The Labute approximate surface area is 97.8 Å². The number of rotatable bonds is 3. The first-order valence-electron chi connectivity index (χ1n) is 4.75. The van der Waals surface area contributed by atoms with Gasteiger partial charge < -0.3 is 5.73 Å². The summed E-state index contributed by atoms with van der Waals surface area (Å²) in [7, 11) is 0. The lowest BCUT2D eigenvalue weighted by molar-refractivity contribution is 0.644. The molecule has 2 N–H and O–H groups in total. The number of hydrogen-bond donors (Lipinski definition) is 1. The van der Waals surface area contributed by atoms with Crippen LogP contribution in [-0.4, -0.2) is 12.4 Å². The van der Waals surface area contributed by atoms with Crippen molar-refractivity contribution >= 4 is 27.5 Å². The average molecular weight is 275 g/mol. The Kier molecular flexibility index (Phi) is 2.87. The number of alkyl halides is 1. The van der Waals surface area contributed by atoms with Crippen LogP contribution in [0.2, 0.25) is 0 Å². The van der Waals surface area contributed by atoms with E-state index in [9.17, 15) is 0 Å². The number of nitrogens with two attached hydrogens (primary N) is 1. The smallest absolute Gasteiger partial charge is 0.0261 e. The molecule has 1 aliphatic rings. The fourth-order valence-electron chi connectivity index (χ4n) is 2.09. The Bertz CT molecular complexity index is 325. The molecule has 1 saturated carbocycles. The van der Waals surface area contributed by atoms with Gasteiger partial charge in [-0.25, -0.2) is 0 Å². The average Bonchev–Trinajstić information content (AvgIpc) is 2.94. The van der Waals surface area contributed by atoms with Crippen LogP contribution in [0.3, 0.4) is 0 Å². The second-order valence-electron chi connectivity index (χ2n) is 3.92. The zero-order chi connectivity index (χ0) is 10.2. The Morgan fingerprint density at radius 3 is 2.50 bits per heavy atom. The summed E-state index contributed by atoms with van der Waals surface area (Å²) in [6.07, 6.45) is 1.13. The Morgan fingerprint density at radius 1 is 1.43 bits per heavy atom. The number of halogens is 2. The first-order chi connectivity index (χ1) is 6.73. The molecule has 76 valence electrons. The molecular weight excluding hydrogens is 261 g/mol. The third kappa shape index (κ3) is 1.60. The van der Waals surface area contributed by atoms with Gasteiger partial charge in [0.1, 0.15) is 0 Å². The standard InChI is InChI=1S/C11H13BrClN/c12-10-3-1-8(2-4-10)11(7-14)5-9(11)6-13/h1-4,9H,5-7,14H2/t9-,11+/m1/s1. The molecule has 3 heteroatoms. The van der Waals surface area contributed by atoms with Gasteiger partial charge in [-0.05, 0) is 30.0 Å². The van der Waals surface area contributed by atoms with Crippen molar-refractivity contribution < 1.29 is 0 Å². The fraction of sp³-hybridized carbons (Fsp3) is 0.455. The van der Waals surface area contributed by atoms with Crippen LogP contribution in [0.1, 0.15) is 12.0 Å². The van der Waals surface area contributed by atoms with Crippen molar-refractivity contribution in [1.82, 2.24) is 0 Å². The summed E-state index contributed by atoms with van der Waals surface area (Å²) in [4.78, 5) is 0. The minimum Gasteiger partial charge on any atom is -0.330 e. The SMILES string of the molecule is NC[C@]1(c2ccc(Br)cc2)C[C@@H]1CCl. The second kappa shape index (κ2) is 3.84. The lowest BCUT2D eigenvalue weighted by Crippen LogP contribution is -2.22. The van der Waals surface area contributed by atoms with E-state index in [2.05, 4.69) is 40.2 Å². The quantitative estimate of drug-likeness (QED) is 0.843. The summed E-state index contributed by atoms with van der Waals surface area (Å²) in [6.45, 7) is 0.700. The normalized spacial score (nSPS) is 30.4. The van der Waals surface area contributed by atoms with Gasteiger partial charge in [0.15, 0.2) is 0 Å². The summed E-state index contributed by atoms with van der Waals surface area (Å²) in [5.74, 6) is 1.28. The van der Waals surface area contributed by atoms with Crippen LogP contribution in [0, 0.1) is 5.92 Å². The van der Waals surface area contributed by atoms with E-state index in [4.69, 9.17) is 17.3 Å². The monoisotopic (exact) mass is 273 g/mol. The molecular formula is C11H13BrClN. The number of benzene rings is 1. The van der Waals surface area contributed by atoms with Crippen LogP contribution in [0.25, 0.3) is 0 Å². The van der Waals surface area contributed by atoms with E-state index in [1.165, 1.54) is 5.56 Å². The molecule has 0 unspecified atom stereocenters. The van der Waals surface area contributed by atoms with Gasteiger partial charge in [0.2, 0.25) is 0 Å². The summed E-state index contributed by atoms with van der Waals surface area (Å²) < 4.78 is 1.11. The van der Waals surface area contributed by atoms with Gasteiger partial charge in [-0.1, -0.05) is 28.1 Å². The predicted molar refractivity (Wildman–Crippen MR) is 63.7 cm³/mol. The van der Waals surface area contributed by atoms with Gasteiger partial charge in [-0.2, -0.15) is 0 Å². The fourth-order valence-corrected chi connectivity index (χ4v) is 2.76. The van der Waals surface area contributed by atoms with Crippen molar-refractivity contribution in [3.8, 4) is 0 Å². The van der Waals surface area contributed by atoms with Gasteiger partial charge in [0.05, 0.1) is 0 Å². The maximum Gasteiger partial charge on any atom is 0.0261 e. The van der Waals surface area contributed by atoms with E-state index < -0.39 is 0 Å². The van der Waals surface area contributed by atoms with E-state index >= 15 is 0 Å². The third-order valence-corrected chi connectivity index (χ3v) is 4.10. The molecule has 0 aliphatic heterocycles. The molecule has 1 aliphatic carbocycles. The van der Waals surface area contributed by atoms with E-state index in [-0.39, 0.29) is 5.41 Å². The minimum atomic E-state index is 0.169. The molecule has 0 saturated heterocycles. The lowest BCUT2D eigenvalue weighted by Gasteiger charge is -2.14. The predicted octanol–water partition coefficient (Wildman–Crippen LogP) is 2.90. The molecule has 1 nitrogen and oxygen atoms in total. The molecule has 0 aromatic heterocycles. The highest BCUT2D eigenvalue weighted by atomic mass is 79.9. The molecule has 0 amide bonds.